The molecule has 3 heterocycles. The van der Waals surface area contributed by atoms with Gasteiger partial charge in [0.05, 0.1) is 36.8 Å². The zero-order valence-corrected chi connectivity index (χ0v) is 21.1. The molecular weight excluding hydrogens is 500 g/mol. The number of para-hydroxylation sites is 1. The molecule has 4 atom stereocenters. The van der Waals surface area contributed by atoms with Crippen LogP contribution in [-0.2, 0) is 31.1 Å². The van der Waals surface area contributed by atoms with Crippen LogP contribution >= 0.6 is 11.6 Å². The Balaban J connectivity index is 1.48. The number of carbonyl (C=O) groups is 4. The second-order valence-electron chi connectivity index (χ2n) is 9.45. The predicted octanol–water partition coefficient (Wildman–Crippen LogP) is 1.59. The van der Waals surface area contributed by atoms with Crippen LogP contribution in [0.5, 0.6) is 11.5 Å². The molecule has 37 heavy (non-hydrogen) atoms. The number of methoxy groups -OCH3 is 2. The largest absolute Gasteiger partial charge is 0.493 e. The van der Waals surface area contributed by atoms with Crippen molar-refractivity contribution in [3.63, 3.8) is 0 Å². The lowest BCUT2D eigenvalue weighted by Gasteiger charge is -2.29. The van der Waals surface area contributed by atoms with Crippen molar-refractivity contribution in [3.05, 3.63) is 52.5 Å². The summed E-state index contributed by atoms with van der Waals surface area (Å²) in [7, 11) is 3.08. The van der Waals surface area contributed by atoms with Crippen LogP contribution in [0, 0.1) is 11.8 Å². The van der Waals surface area contributed by atoms with Crippen LogP contribution in [0.4, 0.5) is 5.69 Å². The molecule has 4 amide bonds. The Labute approximate surface area is 218 Å². The monoisotopic (exact) mass is 526 g/mol. The summed E-state index contributed by atoms with van der Waals surface area (Å²) < 4.78 is 10.6. The molecule has 3 aliphatic heterocycles. The Morgan fingerprint density at radius 1 is 1.11 bits per heavy atom. The molecule has 194 valence electrons. The highest BCUT2D eigenvalue weighted by molar-refractivity contribution is 6.35. The van der Waals surface area contributed by atoms with Crippen LogP contribution in [-0.4, -0.2) is 55.3 Å². The van der Waals surface area contributed by atoms with Gasteiger partial charge in [-0.3, -0.25) is 29.4 Å². The number of hydrogen-bond donors (Lipinski definition) is 3. The first kappa shape index (κ1) is 25.0. The van der Waals surface area contributed by atoms with Gasteiger partial charge in [0.1, 0.15) is 5.54 Å². The maximum Gasteiger partial charge on any atom is 0.250 e. The summed E-state index contributed by atoms with van der Waals surface area (Å²) in [4.78, 5) is 53.8. The first-order valence-electron chi connectivity index (χ1n) is 12.0. The number of primary amides is 1. The van der Waals surface area contributed by atoms with Crippen LogP contribution in [0.1, 0.15) is 24.0 Å². The van der Waals surface area contributed by atoms with Crippen LogP contribution in [0.25, 0.3) is 0 Å². The Bertz CT molecular complexity index is 1320. The Hall–Kier alpha value is -3.63. The number of carbonyl (C=O) groups excluding carboxylic acids is 4. The van der Waals surface area contributed by atoms with Gasteiger partial charge in [0.25, 0.3) is 0 Å². The molecule has 3 aliphatic rings. The number of amides is 4. The first-order valence-corrected chi connectivity index (χ1v) is 12.3. The molecule has 5 rings (SSSR count). The number of nitrogens with zero attached hydrogens (tertiary/aromatic N) is 1. The fraction of sp³-hybridized carbons (Fsp3) is 0.385. The van der Waals surface area contributed by atoms with E-state index in [4.69, 9.17) is 26.8 Å². The van der Waals surface area contributed by atoms with E-state index in [1.807, 2.05) is 6.07 Å². The average molecular weight is 527 g/mol. The fourth-order valence-electron chi connectivity index (χ4n) is 5.90. The Morgan fingerprint density at radius 2 is 1.86 bits per heavy atom. The Morgan fingerprint density at radius 3 is 2.57 bits per heavy atom. The van der Waals surface area contributed by atoms with Gasteiger partial charge in [-0.15, -0.1) is 0 Å². The maximum atomic E-state index is 13.8. The molecular formula is C26H27ClN4O6. The molecule has 0 radical (unpaired) electrons. The van der Waals surface area contributed by atoms with Gasteiger partial charge in [-0.05, 0) is 36.6 Å². The molecule has 11 heteroatoms. The smallest absolute Gasteiger partial charge is 0.250 e. The minimum absolute atomic E-state index is 0.00804. The number of likely N-dealkylation sites (tertiary alicyclic amines) is 1. The van der Waals surface area contributed by atoms with E-state index in [1.165, 1.54) is 12.0 Å². The predicted molar refractivity (Wildman–Crippen MR) is 134 cm³/mol. The summed E-state index contributed by atoms with van der Waals surface area (Å²) >= 11 is 6.35. The van der Waals surface area contributed by atoms with E-state index in [-0.39, 0.29) is 25.3 Å². The number of nitrogens with two attached hydrogens (primary N) is 1. The number of fused-ring (bicyclic) bond motifs is 4. The zero-order chi connectivity index (χ0) is 26.5. The van der Waals surface area contributed by atoms with E-state index >= 15 is 0 Å². The van der Waals surface area contributed by atoms with Crippen molar-refractivity contribution in [3.8, 4) is 11.5 Å². The summed E-state index contributed by atoms with van der Waals surface area (Å²) in [5, 5.41) is 6.39. The Kier molecular flexibility index (Phi) is 6.33. The first-order chi connectivity index (χ1) is 17.7. The highest BCUT2D eigenvalue weighted by Gasteiger charge is 2.70. The average Bonchev–Trinajstić information content (AvgIpc) is 3.46. The fourth-order valence-corrected chi connectivity index (χ4v) is 6.12. The zero-order valence-electron chi connectivity index (χ0n) is 20.4. The minimum Gasteiger partial charge on any atom is -0.493 e. The third kappa shape index (κ3) is 3.82. The summed E-state index contributed by atoms with van der Waals surface area (Å²) in [6.45, 7) is 0.128. The van der Waals surface area contributed by atoms with Gasteiger partial charge in [-0.25, -0.2) is 0 Å². The van der Waals surface area contributed by atoms with Crippen LogP contribution in [0.15, 0.2) is 36.4 Å². The number of ether oxygens (including phenoxy) is 2. The third-order valence-electron chi connectivity index (χ3n) is 7.56. The van der Waals surface area contributed by atoms with Crippen molar-refractivity contribution in [2.75, 3.05) is 26.1 Å². The molecule has 2 saturated heterocycles. The molecule has 10 nitrogen and oxygen atoms in total. The molecule has 4 N–H and O–H groups in total. The molecule has 0 aromatic heterocycles. The lowest BCUT2D eigenvalue weighted by molar-refractivity contribution is -0.142. The molecule has 0 unspecified atom stereocenters. The van der Waals surface area contributed by atoms with Gasteiger partial charge in [0.2, 0.25) is 23.6 Å². The topological polar surface area (TPSA) is 140 Å². The van der Waals surface area contributed by atoms with Crippen molar-refractivity contribution in [1.29, 1.82) is 0 Å². The van der Waals surface area contributed by atoms with Crippen LogP contribution < -0.4 is 25.8 Å². The quantitative estimate of drug-likeness (QED) is 0.444. The number of imide groups is 1. The standard InChI is InChI=1S/C26H27ClN4O6/c1-36-17-8-6-13(12-18(17)37-2)10-11-31-23(33)20-16(7-9-19(28)32)30-26(21(20)24(31)34)14-4-3-5-15(27)22(14)29-25(26)35/h3-6,8,12,16,20-21,30H,7,9-11H2,1-2H3,(H2,28,32)(H,29,35)/t16-,20-,21+,26+/m1/s1. The molecule has 0 bridgehead atoms. The molecule has 2 aromatic carbocycles. The maximum absolute atomic E-state index is 13.8. The van der Waals surface area contributed by atoms with Crippen molar-refractivity contribution in [2.24, 2.45) is 17.6 Å². The highest BCUT2D eigenvalue weighted by Crippen LogP contribution is 2.54. The lowest BCUT2D eigenvalue weighted by Crippen LogP contribution is -2.53. The van der Waals surface area contributed by atoms with E-state index < -0.39 is 41.1 Å². The van der Waals surface area contributed by atoms with Gasteiger partial charge < -0.3 is 20.5 Å². The van der Waals surface area contributed by atoms with Crippen molar-refractivity contribution in [1.82, 2.24) is 10.2 Å². The number of benzene rings is 2. The minimum atomic E-state index is -1.47. The van der Waals surface area contributed by atoms with Gasteiger partial charge in [0.15, 0.2) is 11.5 Å². The van der Waals surface area contributed by atoms with Crippen LogP contribution in [0.3, 0.4) is 0 Å². The van der Waals surface area contributed by atoms with Crippen molar-refractivity contribution >= 4 is 40.9 Å². The number of halogens is 1. The summed E-state index contributed by atoms with van der Waals surface area (Å²) in [6, 6.07) is 9.87. The third-order valence-corrected chi connectivity index (χ3v) is 7.88. The van der Waals surface area contributed by atoms with E-state index in [1.54, 1.807) is 37.4 Å². The molecule has 2 aromatic rings. The van der Waals surface area contributed by atoms with E-state index in [0.29, 0.717) is 34.2 Å². The summed E-state index contributed by atoms with van der Waals surface area (Å²) in [5.74, 6) is -2.48. The van der Waals surface area contributed by atoms with Crippen LogP contribution in [0.2, 0.25) is 5.02 Å². The number of anilines is 1. The SMILES string of the molecule is COc1ccc(CCN2C(=O)[C@H]3[C@@H](C2=O)[C@]2(N[C@@H]3CCC(N)=O)C(=O)Nc3c(Cl)cccc32)cc1OC. The van der Waals surface area contributed by atoms with Gasteiger partial charge in [0, 0.05) is 24.6 Å². The second kappa shape index (κ2) is 9.35. The van der Waals surface area contributed by atoms with Crippen molar-refractivity contribution < 1.29 is 28.7 Å². The van der Waals surface area contributed by atoms with Gasteiger partial charge in [-0.2, -0.15) is 0 Å². The number of nitrogens with one attached hydrogen (secondary N) is 2. The molecule has 0 saturated carbocycles. The van der Waals surface area contributed by atoms with Gasteiger partial charge in [-0.1, -0.05) is 29.8 Å². The molecule has 0 aliphatic carbocycles. The summed E-state index contributed by atoms with van der Waals surface area (Å²) in [6.07, 6.45) is 0.607. The van der Waals surface area contributed by atoms with E-state index in [0.717, 1.165) is 5.56 Å². The second-order valence-corrected chi connectivity index (χ2v) is 9.86. The van der Waals surface area contributed by atoms with Crippen molar-refractivity contribution in [2.45, 2.75) is 30.8 Å². The highest BCUT2D eigenvalue weighted by atomic mass is 35.5. The summed E-state index contributed by atoms with van der Waals surface area (Å²) in [5.41, 5.74) is 5.69. The normalized spacial score (nSPS) is 25.9. The molecule has 2 fully saturated rings. The van der Waals surface area contributed by atoms with Gasteiger partial charge >= 0.3 is 0 Å². The molecule has 1 spiro atoms. The number of rotatable bonds is 8. The van der Waals surface area contributed by atoms with E-state index in [9.17, 15) is 19.2 Å². The lowest BCUT2D eigenvalue weighted by atomic mass is 9.76. The van der Waals surface area contributed by atoms with E-state index in [2.05, 4.69) is 10.6 Å². The number of hydrogen-bond acceptors (Lipinski definition) is 7.